The first-order valence-corrected chi connectivity index (χ1v) is 8.88. The second-order valence-electron chi connectivity index (χ2n) is 6.76. The third-order valence-corrected chi connectivity index (χ3v) is 4.73. The fourth-order valence-corrected chi connectivity index (χ4v) is 3.28. The Bertz CT molecular complexity index is 1080. The fourth-order valence-electron chi connectivity index (χ4n) is 3.28. The first-order chi connectivity index (χ1) is 13.4. The van der Waals surface area contributed by atoms with Crippen LogP contribution in [0.5, 0.6) is 0 Å². The number of hydrogen-bond acceptors (Lipinski definition) is 4. The van der Waals surface area contributed by atoms with Crippen LogP contribution in [0.25, 0.3) is 16.8 Å². The summed E-state index contributed by atoms with van der Waals surface area (Å²) in [6.45, 7) is 3.81. The van der Waals surface area contributed by atoms with Gasteiger partial charge in [-0.2, -0.15) is 0 Å². The summed E-state index contributed by atoms with van der Waals surface area (Å²) in [5.74, 6) is -0.641. The molecule has 3 aromatic rings. The summed E-state index contributed by atoms with van der Waals surface area (Å²) in [7, 11) is 0. The Labute approximate surface area is 160 Å². The molecule has 8 heteroatoms. The Kier molecular flexibility index (Phi) is 4.46. The van der Waals surface area contributed by atoms with Gasteiger partial charge >= 0.3 is 6.09 Å². The van der Waals surface area contributed by atoms with Gasteiger partial charge in [-0.25, -0.2) is 14.2 Å². The molecule has 0 radical (unpaired) electrons. The van der Waals surface area contributed by atoms with Crippen LogP contribution in [-0.4, -0.2) is 40.6 Å². The first-order valence-electron chi connectivity index (χ1n) is 8.88. The molecule has 0 saturated carbocycles. The molecule has 28 heavy (non-hydrogen) atoms. The lowest BCUT2D eigenvalue weighted by molar-refractivity contribution is -0.119. The molecule has 144 valence electrons. The van der Waals surface area contributed by atoms with Gasteiger partial charge in [0.15, 0.2) is 0 Å². The molecule has 4 rings (SSSR count). The second kappa shape index (κ2) is 6.95. The minimum Gasteiger partial charge on any atom is -0.442 e. The van der Waals surface area contributed by atoms with E-state index in [9.17, 15) is 14.0 Å². The molecule has 1 aliphatic heterocycles. The predicted molar refractivity (Wildman–Crippen MR) is 102 cm³/mol. The molecular formula is C20H19FN4O3. The third-order valence-electron chi connectivity index (χ3n) is 4.73. The Morgan fingerprint density at radius 2 is 2.18 bits per heavy atom. The second-order valence-corrected chi connectivity index (χ2v) is 6.76. The van der Waals surface area contributed by atoms with E-state index in [1.165, 1.54) is 17.9 Å². The number of ether oxygens (including phenoxy) is 1. The van der Waals surface area contributed by atoms with Gasteiger partial charge in [0.05, 0.1) is 18.8 Å². The van der Waals surface area contributed by atoms with E-state index in [0.717, 1.165) is 11.3 Å². The van der Waals surface area contributed by atoms with Gasteiger partial charge < -0.3 is 14.5 Å². The van der Waals surface area contributed by atoms with E-state index in [2.05, 4.69) is 10.3 Å². The van der Waals surface area contributed by atoms with Crippen LogP contribution in [0.2, 0.25) is 0 Å². The summed E-state index contributed by atoms with van der Waals surface area (Å²) in [4.78, 5) is 28.8. The number of hydrogen-bond donors (Lipinski definition) is 1. The number of nitrogens with one attached hydrogen (secondary N) is 1. The highest BCUT2D eigenvalue weighted by Crippen LogP contribution is 2.29. The van der Waals surface area contributed by atoms with Gasteiger partial charge in [0.25, 0.3) is 0 Å². The maximum absolute atomic E-state index is 14.8. The SMILES string of the molecule is CC(=O)NCC1CN(c2ccc(-c3ccn4c(C)cnc4c3)c(F)c2)C(=O)O1. The van der Waals surface area contributed by atoms with Gasteiger partial charge in [0.1, 0.15) is 17.6 Å². The van der Waals surface area contributed by atoms with Crippen molar-refractivity contribution >= 4 is 23.3 Å². The van der Waals surface area contributed by atoms with Gasteiger partial charge in [-0.3, -0.25) is 9.69 Å². The van der Waals surface area contributed by atoms with E-state index < -0.39 is 18.0 Å². The van der Waals surface area contributed by atoms with Gasteiger partial charge in [-0.05, 0) is 42.8 Å². The van der Waals surface area contributed by atoms with Crippen molar-refractivity contribution in [2.24, 2.45) is 0 Å². The zero-order valence-electron chi connectivity index (χ0n) is 15.5. The highest BCUT2D eigenvalue weighted by atomic mass is 19.1. The summed E-state index contributed by atoms with van der Waals surface area (Å²) in [6, 6.07) is 8.28. The molecule has 1 aromatic carbocycles. The number of anilines is 1. The number of cyclic esters (lactones) is 1. The maximum Gasteiger partial charge on any atom is 0.414 e. The van der Waals surface area contributed by atoms with E-state index in [1.54, 1.807) is 18.3 Å². The summed E-state index contributed by atoms with van der Waals surface area (Å²) in [5.41, 5.74) is 3.28. The lowest BCUT2D eigenvalue weighted by atomic mass is 10.1. The number of amides is 2. The highest BCUT2D eigenvalue weighted by molar-refractivity contribution is 5.90. The first kappa shape index (κ1) is 18.0. The van der Waals surface area contributed by atoms with Crippen molar-refractivity contribution in [1.82, 2.24) is 14.7 Å². The zero-order valence-corrected chi connectivity index (χ0v) is 15.5. The van der Waals surface area contributed by atoms with E-state index in [-0.39, 0.29) is 19.0 Å². The van der Waals surface area contributed by atoms with Crippen LogP contribution in [0.3, 0.4) is 0 Å². The summed E-state index contributed by atoms with van der Waals surface area (Å²) < 4.78 is 22.0. The highest BCUT2D eigenvalue weighted by Gasteiger charge is 2.32. The van der Waals surface area contributed by atoms with Crippen LogP contribution >= 0.6 is 0 Å². The number of halogens is 1. The number of aromatic nitrogens is 2. The number of benzene rings is 1. The van der Waals surface area contributed by atoms with Gasteiger partial charge in [-0.1, -0.05) is 0 Å². The summed E-state index contributed by atoms with van der Waals surface area (Å²) in [5, 5.41) is 2.61. The molecule has 0 bridgehead atoms. The number of carbonyl (C=O) groups excluding carboxylic acids is 2. The van der Waals surface area contributed by atoms with Crippen molar-refractivity contribution in [1.29, 1.82) is 0 Å². The molecule has 0 aliphatic carbocycles. The molecule has 1 unspecified atom stereocenters. The van der Waals surface area contributed by atoms with Crippen molar-refractivity contribution in [2.75, 3.05) is 18.0 Å². The Morgan fingerprint density at radius 1 is 1.36 bits per heavy atom. The topological polar surface area (TPSA) is 75.9 Å². The average molecular weight is 382 g/mol. The minimum atomic E-state index is -0.559. The van der Waals surface area contributed by atoms with Gasteiger partial charge in [0, 0.05) is 30.6 Å². The molecule has 2 aromatic heterocycles. The van der Waals surface area contributed by atoms with E-state index in [1.807, 2.05) is 29.7 Å². The third kappa shape index (κ3) is 3.28. The number of pyridine rings is 1. The Hall–Kier alpha value is -3.42. The van der Waals surface area contributed by atoms with E-state index in [4.69, 9.17) is 4.74 Å². The van der Waals surface area contributed by atoms with Crippen molar-refractivity contribution in [2.45, 2.75) is 20.0 Å². The van der Waals surface area contributed by atoms with Crippen LogP contribution in [0.4, 0.5) is 14.9 Å². The number of imidazole rings is 1. The molecule has 1 atom stereocenters. The molecule has 2 amide bonds. The Morgan fingerprint density at radius 3 is 2.93 bits per heavy atom. The zero-order chi connectivity index (χ0) is 19.8. The van der Waals surface area contributed by atoms with E-state index in [0.29, 0.717) is 16.8 Å². The lowest BCUT2D eigenvalue weighted by Gasteiger charge is -2.14. The summed E-state index contributed by atoms with van der Waals surface area (Å²) >= 11 is 0. The predicted octanol–water partition coefficient (Wildman–Crippen LogP) is 2.91. The van der Waals surface area contributed by atoms with Gasteiger partial charge in [0.2, 0.25) is 5.91 Å². The van der Waals surface area contributed by atoms with Crippen molar-refractivity contribution in [3.63, 3.8) is 0 Å². The smallest absolute Gasteiger partial charge is 0.414 e. The standard InChI is InChI=1S/C20H19FN4O3/c1-12-9-23-19-7-14(5-6-24(12)19)17-4-3-15(8-18(17)21)25-11-16(28-20(25)27)10-22-13(2)26/h3-9,16H,10-11H2,1-2H3,(H,22,26). The number of carbonyl (C=O) groups is 2. The molecule has 7 nitrogen and oxygen atoms in total. The molecule has 0 spiro atoms. The molecule has 3 heterocycles. The molecule has 1 aliphatic rings. The number of rotatable bonds is 4. The van der Waals surface area contributed by atoms with Crippen molar-refractivity contribution in [3.8, 4) is 11.1 Å². The maximum atomic E-state index is 14.8. The average Bonchev–Trinajstić information content (AvgIpc) is 3.22. The minimum absolute atomic E-state index is 0.200. The normalized spacial score (nSPS) is 16.5. The molecule has 1 N–H and O–H groups in total. The van der Waals surface area contributed by atoms with Crippen LogP contribution in [-0.2, 0) is 9.53 Å². The Balaban J connectivity index is 1.57. The monoisotopic (exact) mass is 382 g/mol. The number of aryl methyl sites for hydroxylation is 1. The van der Waals surface area contributed by atoms with Gasteiger partial charge in [-0.15, -0.1) is 0 Å². The van der Waals surface area contributed by atoms with E-state index >= 15 is 0 Å². The fraction of sp³-hybridized carbons (Fsp3) is 0.250. The van der Waals surface area contributed by atoms with Crippen LogP contribution < -0.4 is 10.2 Å². The van der Waals surface area contributed by atoms with Crippen molar-refractivity contribution in [3.05, 3.63) is 54.2 Å². The molecular weight excluding hydrogens is 363 g/mol. The lowest BCUT2D eigenvalue weighted by Crippen LogP contribution is -2.33. The van der Waals surface area contributed by atoms with Crippen molar-refractivity contribution < 1.29 is 18.7 Å². The van der Waals surface area contributed by atoms with Crippen LogP contribution in [0.1, 0.15) is 12.6 Å². The summed E-state index contributed by atoms with van der Waals surface area (Å²) in [6.07, 6.45) is 2.58. The quantitative estimate of drug-likeness (QED) is 0.753. The molecule has 1 saturated heterocycles. The largest absolute Gasteiger partial charge is 0.442 e. The number of nitrogens with zero attached hydrogens (tertiary/aromatic N) is 3. The van der Waals surface area contributed by atoms with Crippen LogP contribution in [0.15, 0.2) is 42.7 Å². The molecule has 1 fully saturated rings. The number of fused-ring (bicyclic) bond motifs is 1. The van der Waals surface area contributed by atoms with Crippen LogP contribution in [0, 0.1) is 12.7 Å².